The molecule has 0 unspecified atom stereocenters. The minimum absolute atomic E-state index is 0.0559. The number of hydrogen-bond donors (Lipinski definition) is 4. The number of carboxylic acids is 1. The first kappa shape index (κ1) is 20.7. The van der Waals surface area contributed by atoms with E-state index in [0.29, 0.717) is 31.6 Å². The summed E-state index contributed by atoms with van der Waals surface area (Å²) in [5, 5.41) is 11.9. The van der Waals surface area contributed by atoms with Gasteiger partial charge in [0.2, 0.25) is 11.4 Å². The zero-order chi connectivity index (χ0) is 17.4. The van der Waals surface area contributed by atoms with E-state index in [1.807, 2.05) is 0 Å². The summed E-state index contributed by atoms with van der Waals surface area (Å²) >= 11 is 3.95. The molecule has 0 fully saturated rings. The first-order valence-corrected chi connectivity index (χ1v) is 7.79. The summed E-state index contributed by atoms with van der Waals surface area (Å²) in [7, 11) is 0. The number of nitrogens with two attached hydrogens (primary N) is 1. The molecule has 0 heterocycles. The van der Waals surface area contributed by atoms with E-state index in [1.54, 1.807) is 20.8 Å². The minimum Gasteiger partial charge on any atom is -0.479 e. The number of carboxylic acid groups (broad SMARTS) is 1. The van der Waals surface area contributed by atoms with E-state index in [4.69, 9.17) is 10.5 Å². The van der Waals surface area contributed by atoms with Crippen LogP contribution in [-0.2, 0) is 19.1 Å². The summed E-state index contributed by atoms with van der Waals surface area (Å²) in [6.07, 6.45) is 1.17. The maximum absolute atomic E-state index is 12.0. The van der Waals surface area contributed by atoms with Crippen LogP contribution >= 0.6 is 12.6 Å². The van der Waals surface area contributed by atoms with Gasteiger partial charge in [-0.05, 0) is 45.8 Å². The number of carbonyl (C=O) groups excluding carboxylic acids is 2. The van der Waals surface area contributed by atoms with Gasteiger partial charge in [-0.25, -0.2) is 9.59 Å². The molecule has 0 aliphatic rings. The third kappa shape index (κ3) is 7.65. The molecule has 0 aliphatic carbocycles. The highest BCUT2D eigenvalue weighted by molar-refractivity contribution is 7.80. The molecule has 0 spiro atoms. The number of amides is 1. The zero-order valence-corrected chi connectivity index (χ0v) is 14.2. The number of hydrogen-bond acceptors (Lipinski definition) is 6. The molecule has 0 radical (unpaired) electrons. The predicted molar refractivity (Wildman–Crippen MR) is 85.7 cm³/mol. The summed E-state index contributed by atoms with van der Waals surface area (Å²) in [4.78, 5) is 34.5. The van der Waals surface area contributed by atoms with Crippen molar-refractivity contribution in [3.8, 4) is 0 Å². The summed E-state index contributed by atoms with van der Waals surface area (Å²) in [6, 6.07) is 0. The maximum Gasteiger partial charge on any atom is 0.338 e. The lowest BCUT2D eigenvalue weighted by Gasteiger charge is -2.28. The van der Waals surface area contributed by atoms with Crippen molar-refractivity contribution in [3.63, 3.8) is 0 Å². The lowest BCUT2D eigenvalue weighted by Crippen LogP contribution is -2.57. The van der Waals surface area contributed by atoms with Crippen LogP contribution in [0.1, 0.15) is 46.5 Å². The number of esters is 1. The van der Waals surface area contributed by atoms with Crippen LogP contribution in [-0.4, -0.2) is 46.4 Å². The quantitative estimate of drug-likeness (QED) is 0.213. The van der Waals surface area contributed by atoms with Gasteiger partial charge in [0.25, 0.3) is 0 Å². The molecule has 1 atom stereocenters. The molecule has 0 aliphatic heterocycles. The lowest BCUT2D eigenvalue weighted by molar-refractivity contribution is -0.169. The van der Waals surface area contributed by atoms with Gasteiger partial charge in [0.05, 0.1) is 0 Å². The smallest absolute Gasteiger partial charge is 0.338 e. The average molecular weight is 334 g/mol. The molecule has 0 bridgehead atoms. The SMILES string of the molecule is CC(C)(C)OC(=O)[C@](N)(CCCCNC(=O)CCS)C(=O)O. The number of ether oxygens (including phenoxy) is 1. The zero-order valence-electron chi connectivity index (χ0n) is 13.3. The molecule has 7 nitrogen and oxygen atoms in total. The van der Waals surface area contributed by atoms with Crippen molar-refractivity contribution in [1.29, 1.82) is 0 Å². The molecule has 128 valence electrons. The highest BCUT2D eigenvalue weighted by Crippen LogP contribution is 2.18. The van der Waals surface area contributed by atoms with E-state index in [0.717, 1.165) is 0 Å². The van der Waals surface area contributed by atoms with E-state index in [2.05, 4.69) is 17.9 Å². The van der Waals surface area contributed by atoms with Crippen molar-refractivity contribution in [2.75, 3.05) is 12.3 Å². The summed E-state index contributed by atoms with van der Waals surface area (Å²) in [5.41, 5.74) is 2.84. The maximum atomic E-state index is 12.0. The van der Waals surface area contributed by atoms with Gasteiger partial charge in [0, 0.05) is 13.0 Å². The van der Waals surface area contributed by atoms with Crippen molar-refractivity contribution < 1.29 is 24.2 Å². The Morgan fingerprint density at radius 3 is 2.27 bits per heavy atom. The van der Waals surface area contributed by atoms with Gasteiger partial charge >= 0.3 is 11.9 Å². The third-order valence-electron chi connectivity index (χ3n) is 2.80. The van der Waals surface area contributed by atoms with Gasteiger partial charge in [-0.1, -0.05) is 0 Å². The Balaban J connectivity index is 4.38. The number of thiol groups is 1. The second kappa shape index (κ2) is 8.99. The first-order valence-electron chi connectivity index (χ1n) is 7.16. The Morgan fingerprint density at radius 1 is 1.23 bits per heavy atom. The van der Waals surface area contributed by atoms with Crippen LogP contribution in [0.4, 0.5) is 0 Å². The number of carbonyl (C=O) groups is 3. The molecule has 8 heteroatoms. The first-order chi connectivity index (χ1) is 10.0. The normalized spacial score (nSPS) is 14.0. The van der Waals surface area contributed by atoms with Crippen molar-refractivity contribution >= 4 is 30.5 Å². The molecule has 0 rings (SSSR count). The van der Waals surface area contributed by atoms with Gasteiger partial charge in [-0.2, -0.15) is 12.6 Å². The minimum atomic E-state index is -2.07. The molecule has 4 N–H and O–H groups in total. The van der Waals surface area contributed by atoms with E-state index in [9.17, 15) is 19.5 Å². The van der Waals surface area contributed by atoms with E-state index in [-0.39, 0.29) is 12.3 Å². The van der Waals surface area contributed by atoms with E-state index < -0.39 is 23.1 Å². The molecule has 22 heavy (non-hydrogen) atoms. The fourth-order valence-corrected chi connectivity index (χ4v) is 1.82. The van der Waals surface area contributed by atoms with Crippen LogP contribution in [0.15, 0.2) is 0 Å². The van der Waals surface area contributed by atoms with Crippen LogP contribution < -0.4 is 11.1 Å². The van der Waals surface area contributed by atoms with E-state index in [1.165, 1.54) is 0 Å². The summed E-state index contributed by atoms with van der Waals surface area (Å²) < 4.78 is 5.07. The fourth-order valence-electron chi connectivity index (χ4n) is 1.61. The Hall–Kier alpha value is -1.28. The molecule has 1 amide bonds. The number of unbranched alkanes of at least 4 members (excludes halogenated alkanes) is 1. The van der Waals surface area contributed by atoms with Crippen molar-refractivity contribution in [2.45, 2.75) is 57.6 Å². The number of rotatable bonds is 9. The molecule has 0 saturated carbocycles. The second-order valence-corrected chi connectivity index (χ2v) is 6.51. The number of nitrogens with one attached hydrogen (secondary N) is 1. The molecule has 0 saturated heterocycles. The second-order valence-electron chi connectivity index (χ2n) is 6.06. The van der Waals surface area contributed by atoms with Gasteiger partial charge in [-0.15, -0.1) is 0 Å². The highest BCUT2D eigenvalue weighted by Gasteiger charge is 2.44. The van der Waals surface area contributed by atoms with Crippen molar-refractivity contribution in [3.05, 3.63) is 0 Å². The topological polar surface area (TPSA) is 119 Å². The molecule has 0 aromatic carbocycles. The van der Waals surface area contributed by atoms with Crippen LogP contribution in [0.25, 0.3) is 0 Å². The standard InChI is InChI=1S/C14H26N2O5S/c1-13(2,3)21-12(20)14(15,11(18)19)7-4-5-8-16-10(17)6-9-22/h22H,4-9,15H2,1-3H3,(H,16,17)(H,18,19)/t14-/m0/s1. The lowest BCUT2D eigenvalue weighted by atomic mass is 9.93. The summed E-state index contributed by atoms with van der Waals surface area (Å²) in [5.74, 6) is -2.01. The van der Waals surface area contributed by atoms with Gasteiger partial charge in [0.1, 0.15) is 5.60 Å². The van der Waals surface area contributed by atoms with Crippen molar-refractivity contribution in [1.82, 2.24) is 5.32 Å². The monoisotopic (exact) mass is 334 g/mol. The predicted octanol–water partition coefficient (Wildman–Crippen LogP) is 0.717. The third-order valence-corrected chi connectivity index (χ3v) is 3.03. The summed E-state index contributed by atoms with van der Waals surface area (Å²) in [6.45, 7) is 5.33. The van der Waals surface area contributed by atoms with Crippen molar-refractivity contribution in [2.24, 2.45) is 5.73 Å². The Kier molecular flexibility index (Phi) is 8.47. The van der Waals surface area contributed by atoms with Gasteiger partial charge < -0.3 is 20.9 Å². The molecule has 0 aromatic rings. The Bertz CT molecular complexity index is 409. The van der Waals surface area contributed by atoms with Gasteiger partial charge in [0.15, 0.2) is 0 Å². The molecular formula is C14H26N2O5S. The molecular weight excluding hydrogens is 308 g/mol. The van der Waals surface area contributed by atoms with Gasteiger partial charge in [-0.3, -0.25) is 4.79 Å². The highest BCUT2D eigenvalue weighted by atomic mass is 32.1. The Labute approximate surface area is 136 Å². The Morgan fingerprint density at radius 2 is 1.82 bits per heavy atom. The fraction of sp³-hybridized carbons (Fsp3) is 0.786. The van der Waals surface area contributed by atoms with Crippen LogP contribution in [0.2, 0.25) is 0 Å². The van der Waals surface area contributed by atoms with E-state index >= 15 is 0 Å². The van der Waals surface area contributed by atoms with Crippen LogP contribution in [0.5, 0.6) is 0 Å². The number of aliphatic carboxylic acids is 1. The molecule has 0 aromatic heterocycles. The largest absolute Gasteiger partial charge is 0.479 e. The average Bonchev–Trinajstić information content (AvgIpc) is 2.35. The van der Waals surface area contributed by atoms with Crippen LogP contribution in [0.3, 0.4) is 0 Å². The van der Waals surface area contributed by atoms with Crippen LogP contribution in [0, 0.1) is 0 Å².